The van der Waals surface area contributed by atoms with Gasteiger partial charge in [0.05, 0.1) is 6.33 Å². The molecular weight excluding hydrogens is 425 g/mol. The monoisotopic (exact) mass is 445 g/mol. The second-order valence-electron chi connectivity index (χ2n) is 6.80. The van der Waals surface area contributed by atoms with Crippen LogP contribution in [-0.2, 0) is 17.9 Å². The quantitative estimate of drug-likeness (QED) is 0.512. The fourth-order valence-electron chi connectivity index (χ4n) is 3.01. The molecule has 1 amide bonds. The summed E-state index contributed by atoms with van der Waals surface area (Å²) in [7, 11) is 0. The van der Waals surface area contributed by atoms with Crippen molar-refractivity contribution < 1.29 is 23.8 Å². The number of aromatic carboxylic acids is 1. The number of rotatable bonds is 10. The van der Waals surface area contributed by atoms with E-state index >= 15 is 0 Å². The molecule has 0 aliphatic carbocycles. The van der Waals surface area contributed by atoms with E-state index in [1.807, 2.05) is 10.8 Å². The van der Waals surface area contributed by atoms with Crippen molar-refractivity contribution in [1.29, 1.82) is 0 Å². The van der Waals surface area contributed by atoms with Crippen LogP contribution in [0, 0.1) is 5.82 Å². The van der Waals surface area contributed by atoms with Gasteiger partial charge in [0.25, 0.3) is 5.91 Å². The first-order chi connectivity index (χ1) is 14.9. The van der Waals surface area contributed by atoms with Crippen LogP contribution in [0.1, 0.15) is 22.3 Å². The Labute approximate surface area is 183 Å². The number of aryl methyl sites for hydroxylation is 1. The molecule has 162 valence electrons. The van der Waals surface area contributed by atoms with Gasteiger partial charge in [0.1, 0.15) is 17.1 Å². The fourth-order valence-corrected chi connectivity index (χ4v) is 3.19. The molecule has 1 N–H and O–H groups in total. The molecule has 3 rings (SSSR count). The number of benzene rings is 2. The smallest absolute Gasteiger partial charge is 0.339 e. The number of imidazole rings is 1. The maximum atomic E-state index is 14.1. The lowest BCUT2D eigenvalue weighted by Gasteiger charge is -2.23. The topological polar surface area (TPSA) is 84.7 Å². The highest BCUT2D eigenvalue weighted by atomic mass is 35.5. The molecule has 0 saturated heterocycles. The van der Waals surface area contributed by atoms with E-state index in [0.29, 0.717) is 25.1 Å². The van der Waals surface area contributed by atoms with Gasteiger partial charge in [-0.05, 0) is 30.7 Å². The molecule has 9 heteroatoms. The summed E-state index contributed by atoms with van der Waals surface area (Å²) in [6.45, 7) is 0.690. The van der Waals surface area contributed by atoms with Crippen molar-refractivity contribution in [3.05, 3.63) is 83.2 Å². The Bertz CT molecular complexity index is 1040. The predicted molar refractivity (Wildman–Crippen MR) is 113 cm³/mol. The minimum atomic E-state index is -1.21. The van der Waals surface area contributed by atoms with E-state index in [1.54, 1.807) is 30.7 Å². The summed E-state index contributed by atoms with van der Waals surface area (Å²) >= 11 is 5.84. The minimum Gasteiger partial charge on any atom is -0.483 e. The molecule has 1 heterocycles. The van der Waals surface area contributed by atoms with Crippen LogP contribution in [0.25, 0.3) is 0 Å². The molecule has 0 fully saturated rings. The van der Waals surface area contributed by atoms with Crippen molar-refractivity contribution >= 4 is 23.5 Å². The number of carboxylic acid groups (broad SMARTS) is 1. The van der Waals surface area contributed by atoms with Crippen LogP contribution < -0.4 is 4.74 Å². The highest BCUT2D eigenvalue weighted by Gasteiger charge is 2.18. The summed E-state index contributed by atoms with van der Waals surface area (Å²) in [5.41, 5.74) is 0.247. The zero-order chi connectivity index (χ0) is 22.2. The lowest BCUT2D eigenvalue weighted by atomic mass is 10.2. The summed E-state index contributed by atoms with van der Waals surface area (Å²) in [6, 6.07) is 10.4. The van der Waals surface area contributed by atoms with Gasteiger partial charge in [0.15, 0.2) is 6.61 Å². The van der Waals surface area contributed by atoms with Crippen LogP contribution in [-0.4, -0.2) is 44.6 Å². The van der Waals surface area contributed by atoms with Crippen LogP contribution in [0.4, 0.5) is 4.39 Å². The van der Waals surface area contributed by atoms with Crippen molar-refractivity contribution in [2.75, 3.05) is 13.2 Å². The molecule has 0 spiro atoms. The van der Waals surface area contributed by atoms with Gasteiger partial charge in [-0.25, -0.2) is 14.2 Å². The Morgan fingerprint density at radius 3 is 2.74 bits per heavy atom. The molecule has 0 aliphatic rings. The second-order valence-corrected chi connectivity index (χ2v) is 7.23. The van der Waals surface area contributed by atoms with Crippen LogP contribution in [0.2, 0.25) is 5.02 Å². The van der Waals surface area contributed by atoms with Crippen molar-refractivity contribution in [3.63, 3.8) is 0 Å². The van der Waals surface area contributed by atoms with Gasteiger partial charge in [-0.2, -0.15) is 0 Å². The number of carboxylic acids is 1. The molecule has 7 nitrogen and oxygen atoms in total. The molecular formula is C22H21ClFN3O4. The summed E-state index contributed by atoms with van der Waals surface area (Å²) < 4.78 is 21.5. The van der Waals surface area contributed by atoms with Gasteiger partial charge in [0.2, 0.25) is 0 Å². The van der Waals surface area contributed by atoms with Gasteiger partial charge < -0.3 is 19.3 Å². The second kappa shape index (κ2) is 10.6. The van der Waals surface area contributed by atoms with E-state index in [2.05, 4.69) is 4.98 Å². The fraction of sp³-hybridized carbons (Fsp3) is 0.227. The number of nitrogens with zero attached hydrogens (tertiary/aromatic N) is 3. The van der Waals surface area contributed by atoms with E-state index in [-0.39, 0.29) is 35.4 Å². The Morgan fingerprint density at radius 2 is 2.03 bits per heavy atom. The number of hydrogen-bond donors (Lipinski definition) is 1. The Hall–Kier alpha value is -3.39. The number of amides is 1. The SMILES string of the molecule is O=C(O)c1cc(Cl)ccc1OCC(=O)N(CCCn1ccnc1)Cc1ccccc1F. The van der Waals surface area contributed by atoms with Crippen molar-refractivity contribution in [1.82, 2.24) is 14.5 Å². The Kier molecular flexibility index (Phi) is 7.61. The number of hydrogen-bond acceptors (Lipinski definition) is 4. The van der Waals surface area contributed by atoms with Crippen LogP contribution in [0.3, 0.4) is 0 Å². The summed E-state index contributed by atoms with van der Waals surface area (Å²) in [5, 5.41) is 9.56. The van der Waals surface area contributed by atoms with Gasteiger partial charge in [-0.15, -0.1) is 0 Å². The van der Waals surface area contributed by atoms with Gasteiger partial charge in [0, 0.05) is 42.6 Å². The van der Waals surface area contributed by atoms with Crippen LogP contribution in [0.15, 0.2) is 61.2 Å². The number of ether oxygens (including phenoxy) is 1. The largest absolute Gasteiger partial charge is 0.483 e. The predicted octanol–water partition coefficient (Wildman–Crippen LogP) is 3.87. The number of carbonyl (C=O) groups is 2. The summed E-state index contributed by atoms with van der Waals surface area (Å²) in [4.78, 5) is 29.7. The van der Waals surface area contributed by atoms with Crippen molar-refractivity contribution in [3.8, 4) is 5.75 Å². The normalized spacial score (nSPS) is 10.6. The maximum Gasteiger partial charge on any atom is 0.339 e. The first kappa shape index (κ1) is 22.3. The van der Waals surface area contributed by atoms with E-state index in [1.165, 1.54) is 29.2 Å². The van der Waals surface area contributed by atoms with Crippen LogP contribution >= 0.6 is 11.6 Å². The van der Waals surface area contributed by atoms with Gasteiger partial charge in [-0.1, -0.05) is 29.8 Å². The van der Waals surface area contributed by atoms with Crippen LogP contribution in [0.5, 0.6) is 5.75 Å². The molecule has 0 saturated carbocycles. The highest BCUT2D eigenvalue weighted by Crippen LogP contribution is 2.23. The molecule has 0 unspecified atom stereocenters. The van der Waals surface area contributed by atoms with Gasteiger partial charge in [-0.3, -0.25) is 4.79 Å². The Morgan fingerprint density at radius 1 is 1.23 bits per heavy atom. The third-order valence-electron chi connectivity index (χ3n) is 4.60. The number of carbonyl (C=O) groups excluding carboxylic acids is 1. The maximum absolute atomic E-state index is 14.1. The highest BCUT2D eigenvalue weighted by molar-refractivity contribution is 6.31. The molecule has 2 aromatic carbocycles. The average Bonchev–Trinajstić information content (AvgIpc) is 3.26. The third kappa shape index (κ3) is 6.29. The lowest BCUT2D eigenvalue weighted by molar-refractivity contribution is -0.134. The number of halogens is 2. The van der Waals surface area contributed by atoms with E-state index < -0.39 is 11.8 Å². The average molecular weight is 446 g/mol. The van der Waals surface area contributed by atoms with Crippen molar-refractivity contribution in [2.45, 2.75) is 19.5 Å². The minimum absolute atomic E-state index is 0.0366. The van der Waals surface area contributed by atoms with Gasteiger partial charge >= 0.3 is 5.97 Å². The molecule has 0 radical (unpaired) electrons. The van der Waals surface area contributed by atoms with Crippen molar-refractivity contribution in [2.24, 2.45) is 0 Å². The summed E-state index contributed by atoms with van der Waals surface area (Å²) in [6.07, 6.45) is 5.79. The standard InChI is InChI=1S/C22H21ClFN3O4/c23-17-6-7-20(18(12-17)22(29)30)31-14-21(28)27(10-3-9-26-11-8-25-15-26)13-16-4-1-2-5-19(16)24/h1-2,4-8,11-12,15H,3,9-10,13-14H2,(H,29,30). The van der Waals surface area contributed by atoms with E-state index in [0.717, 1.165) is 0 Å². The lowest BCUT2D eigenvalue weighted by Crippen LogP contribution is -2.36. The van der Waals surface area contributed by atoms with E-state index in [9.17, 15) is 19.1 Å². The zero-order valence-electron chi connectivity index (χ0n) is 16.6. The Balaban J connectivity index is 1.69. The number of aromatic nitrogens is 2. The zero-order valence-corrected chi connectivity index (χ0v) is 17.3. The molecule has 1 aromatic heterocycles. The summed E-state index contributed by atoms with van der Waals surface area (Å²) in [5.74, 6) is -1.97. The molecule has 0 bridgehead atoms. The molecule has 31 heavy (non-hydrogen) atoms. The third-order valence-corrected chi connectivity index (χ3v) is 4.83. The molecule has 0 aliphatic heterocycles. The first-order valence-corrected chi connectivity index (χ1v) is 9.94. The van der Waals surface area contributed by atoms with E-state index in [4.69, 9.17) is 16.3 Å². The molecule has 0 atom stereocenters. The molecule has 3 aromatic rings. The first-order valence-electron chi connectivity index (χ1n) is 9.56.